The van der Waals surface area contributed by atoms with Crippen molar-refractivity contribution in [1.82, 2.24) is 19.8 Å². The molecule has 0 amide bonds. The number of benzene rings is 1. The van der Waals surface area contributed by atoms with E-state index in [0.29, 0.717) is 6.04 Å². The quantitative estimate of drug-likeness (QED) is 0.878. The van der Waals surface area contributed by atoms with Crippen molar-refractivity contribution in [3.63, 3.8) is 0 Å². The maximum atomic E-state index is 5.27. The lowest BCUT2D eigenvalue weighted by Crippen LogP contribution is -2.55. The van der Waals surface area contributed by atoms with Gasteiger partial charge >= 0.3 is 0 Å². The number of methoxy groups -OCH3 is 1. The molecule has 4 rings (SSSR count). The van der Waals surface area contributed by atoms with Crippen molar-refractivity contribution in [3.05, 3.63) is 42.0 Å². The average Bonchev–Trinajstić information content (AvgIpc) is 3.13. The first-order valence-electron chi connectivity index (χ1n) is 10.1. The summed E-state index contributed by atoms with van der Waals surface area (Å²) < 4.78 is 5.27. The Labute approximate surface area is 162 Å². The molecule has 0 spiro atoms. The lowest BCUT2D eigenvalue weighted by atomic mass is 10.0. The van der Waals surface area contributed by atoms with Crippen molar-refractivity contribution in [1.29, 1.82) is 0 Å². The van der Waals surface area contributed by atoms with E-state index < -0.39 is 0 Å². The highest BCUT2D eigenvalue weighted by Gasteiger charge is 2.28. The predicted molar refractivity (Wildman–Crippen MR) is 108 cm³/mol. The van der Waals surface area contributed by atoms with Gasteiger partial charge in [0.25, 0.3) is 0 Å². The third-order valence-electron chi connectivity index (χ3n) is 5.90. The van der Waals surface area contributed by atoms with E-state index in [1.165, 1.54) is 37.3 Å². The molecule has 2 saturated heterocycles. The monoisotopic (exact) mass is 369 g/mol. The van der Waals surface area contributed by atoms with Crippen molar-refractivity contribution in [2.75, 3.05) is 51.3 Å². The summed E-state index contributed by atoms with van der Waals surface area (Å²) in [6.07, 6.45) is 4.59. The van der Waals surface area contributed by atoms with E-state index in [2.05, 4.69) is 48.9 Å². The number of H-pyrrole nitrogens is 1. The van der Waals surface area contributed by atoms with E-state index in [1.54, 1.807) is 7.11 Å². The lowest BCUT2D eigenvalue weighted by Gasteiger charge is -2.44. The standard InChI is InChI=1S/C21H31N5O/c1-17-22-14-18(23-17)15-24-9-3-4-20(16-24)26-12-10-25(11-13-26)19-5-7-21(27-2)8-6-19/h5-8,14,20H,3-4,9-13,15-16H2,1-2H3,(H,22,23)/t20-/m0/s1. The van der Waals surface area contributed by atoms with Gasteiger partial charge < -0.3 is 14.6 Å². The molecule has 2 aliphatic heterocycles. The van der Waals surface area contributed by atoms with Crippen molar-refractivity contribution < 1.29 is 4.74 Å². The number of nitrogens with one attached hydrogen (secondary N) is 1. The summed E-state index contributed by atoms with van der Waals surface area (Å²) in [5.74, 6) is 1.93. The van der Waals surface area contributed by atoms with Crippen LogP contribution in [0.4, 0.5) is 5.69 Å². The second-order valence-corrected chi connectivity index (χ2v) is 7.75. The molecule has 0 unspecified atom stereocenters. The van der Waals surface area contributed by atoms with E-state index in [-0.39, 0.29) is 0 Å². The molecule has 27 heavy (non-hydrogen) atoms. The van der Waals surface area contributed by atoms with Crippen molar-refractivity contribution in [2.24, 2.45) is 0 Å². The summed E-state index contributed by atoms with van der Waals surface area (Å²) in [7, 11) is 1.72. The van der Waals surface area contributed by atoms with Crippen LogP contribution in [0, 0.1) is 6.92 Å². The number of rotatable bonds is 5. The van der Waals surface area contributed by atoms with Crippen LogP contribution in [0.3, 0.4) is 0 Å². The summed E-state index contributed by atoms with van der Waals surface area (Å²) in [4.78, 5) is 15.5. The first kappa shape index (κ1) is 18.3. The minimum absolute atomic E-state index is 0.681. The van der Waals surface area contributed by atoms with Crippen LogP contribution in [0.25, 0.3) is 0 Å². The molecule has 0 radical (unpaired) electrons. The summed E-state index contributed by atoms with van der Waals surface area (Å²) in [5, 5.41) is 0. The van der Waals surface area contributed by atoms with Gasteiger partial charge in [0.1, 0.15) is 11.6 Å². The van der Waals surface area contributed by atoms with Gasteiger partial charge in [0, 0.05) is 62.9 Å². The smallest absolute Gasteiger partial charge is 0.119 e. The third-order valence-corrected chi connectivity index (χ3v) is 5.90. The van der Waals surface area contributed by atoms with Crippen LogP contribution in [0.15, 0.2) is 30.5 Å². The zero-order valence-electron chi connectivity index (χ0n) is 16.5. The number of piperazine rings is 1. The number of piperidine rings is 1. The molecule has 2 fully saturated rings. The Morgan fingerprint density at radius 1 is 1.11 bits per heavy atom. The second-order valence-electron chi connectivity index (χ2n) is 7.75. The predicted octanol–water partition coefficient (Wildman–Crippen LogP) is 2.51. The van der Waals surface area contributed by atoms with Gasteiger partial charge in [-0.1, -0.05) is 0 Å². The Balaban J connectivity index is 1.29. The number of aromatic amines is 1. The number of likely N-dealkylation sites (tertiary alicyclic amines) is 1. The number of imidazole rings is 1. The van der Waals surface area contributed by atoms with E-state index in [4.69, 9.17) is 4.74 Å². The zero-order valence-corrected chi connectivity index (χ0v) is 16.5. The first-order chi connectivity index (χ1) is 13.2. The molecule has 1 aromatic heterocycles. The van der Waals surface area contributed by atoms with Crippen LogP contribution in [0.5, 0.6) is 5.75 Å². The van der Waals surface area contributed by atoms with Gasteiger partial charge in [0.2, 0.25) is 0 Å². The fourth-order valence-electron chi connectivity index (χ4n) is 4.40. The first-order valence-corrected chi connectivity index (χ1v) is 10.1. The Morgan fingerprint density at radius 3 is 2.56 bits per heavy atom. The summed E-state index contributed by atoms with van der Waals surface area (Å²) >= 11 is 0. The van der Waals surface area contributed by atoms with Gasteiger partial charge in [-0.2, -0.15) is 0 Å². The summed E-state index contributed by atoms with van der Waals surface area (Å²) in [5.41, 5.74) is 2.54. The van der Waals surface area contributed by atoms with Gasteiger partial charge in [-0.3, -0.25) is 9.80 Å². The molecule has 146 valence electrons. The normalized spacial score (nSPS) is 22.1. The van der Waals surface area contributed by atoms with Crippen LogP contribution in [-0.4, -0.2) is 72.2 Å². The largest absolute Gasteiger partial charge is 0.497 e. The van der Waals surface area contributed by atoms with Gasteiger partial charge in [0.15, 0.2) is 0 Å². The summed E-state index contributed by atoms with van der Waals surface area (Å²) in [6.45, 7) is 9.86. The fraction of sp³-hybridized carbons (Fsp3) is 0.571. The molecule has 0 aliphatic carbocycles. The van der Waals surface area contributed by atoms with Gasteiger partial charge in [-0.05, 0) is 50.6 Å². The van der Waals surface area contributed by atoms with Gasteiger partial charge in [0.05, 0.1) is 7.11 Å². The highest BCUT2D eigenvalue weighted by molar-refractivity contribution is 5.49. The molecule has 2 aromatic rings. The number of aryl methyl sites for hydroxylation is 1. The Bertz CT molecular complexity index is 720. The Hall–Kier alpha value is -2.05. The minimum Gasteiger partial charge on any atom is -0.497 e. The Morgan fingerprint density at radius 2 is 1.89 bits per heavy atom. The number of nitrogens with zero attached hydrogens (tertiary/aromatic N) is 4. The lowest BCUT2D eigenvalue weighted by molar-refractivity contribution is 0.0881. The van der Waals surface area contributed by atoms with E-state index in [9.17, 15) is 0 Å². The topological polar surface area (TPSA) is 47.6 Å². The van der Waals surface area contributed by atoms with Gasteiger partial charge in [-0.25, -0.2) is 4.98 Å². The van der Waals surface area contributed by atoms with Crippen LogP contribution in [0.2, 0.25) is 0 Å². The SMILES string of the molecule is COc1ccc(N2CCN([C@H]3CCCN(Cc4cnc(C)[nH]4)C3)CC2)cc1. The molecular weight excluding hydrogens is 338 g/mol. The second kappa shape index (κ2) is 8.31. The molecule has 3 heterocycles. The molecule has 0 saturated carbocycles. The maximum Gasteiger partial charge on any atom is 0.119 e. The maximum absolute atomic E-state index is 5.27. The van der Waals surface area contributed by atoms with Crippen LogP contribution in [-0.2, 0) is 6.54 Å². The molecule has 1 atom stereocenters. The molecule has 1 N–H and O–H groups in total. The fourth-order valence-corrected chi connectivity index (χ4v) is 4.40. The van der Waals surface area contributed by atoms with E-state index >= 15 is 0 Å². The molecular formula is C21H31N5O. The van der Waals surface area contributed by atoms with Crippen LogP contribution in [0.1, 0.15) is 24.4 Å². The molecule has 6 heteroatoms. The minimum atomic E-state index is 0.681. The molecule has 0 bridgehead atoms. The molecule has 2 aliphatic rings. The van der Waals surface area contributed by atoms with Crippen LogP contribution < -0.4 is 9.64 Å². The summed E-state index contributed by atoms with van der Waals surface area (Å²) in [6, 6.07) is 9.13. The van der Waals surface area contributed by atoms with Crippen molar-refractivity contribution in [3.8, 4) is 5.75 Å². The molecule has 6 nitrogen and oxygen atoms in total. The average molecular weight is 370 g/mol. The zero-order chi connectivity index (χ0) is 18.6. The highest BCUT2D eigenvalue weighted by atomic mass is 16.5. The number of anilines is 1. The molecule has 1 aromatic carbocycles. The van der Waals surface area contributed by atoms with Crippen LogP contribution >= 0.6 is 0 Å². The van der Waals surface area contributed by atoms with E-state index in [1.807, 2.05) is 13.1 Å². The van der Waals surface area contributed by atoms with Crippen molar-refractivity contribution >= 4 is 5.69 Å². The number of aromatic nitrogens is 2. The number of hydrogen-bond acceptors (Lipinski definition) is 5. The van der Waals surface area contributed by atoms with E-state index in [0.717, 1.165) is 44.3 Å². The van der Waals surface area contributed by atoms with Crippen molar-refractivity contribution in [2.45, 2.75) is 32.4 Å². The van der Waals surface area contributed by atoms with Gasteiger partial charge in [-0.15, -0.1) is 0 Å². The Kier molecular flexibility index (Phi) is 5.64. The third kappa shape index (κ3) is 4.45. The number of ether oxygens (including phenoxy) is 1. The number of hydrogen-bond donors (Lipinski definition) is 1. The highest BCUT2D eigenvalue weighted by Crippen LogP contribution is 2.23.